The molecule has 2 aliphatic rings. The lowest BCUT2D eigenvalue weighted by Crippen LogP contribution is -2.25. The van der Waals surface area contributed by atoms with Crippen LogP contribution in [-0.4, -0.2) is 39.7 Å². The number of rotatable bonds is 1. The summed E-state index contributed by atoms with van der Waals surface area (Å²) in [5.74, 6) is 0.556. The lowest BCUT2D eigenvalue weighted by atomic mass is 9.91. The molecule has 3 N–H and O–H groups in total. The second-order valence-corrected chi connectivity index (χ2v) is 7.45. The molecular formula is C21H24N6O2. The van der Waals surface area contributed by atoms with Crippen LogP contribution in [0.5, 0.6) is 6.01 Å². The van der Waals surface area contributed by atoms with Gasteiger partial charge in [0, 0.05) is 13.6 Å². The zero-order valence-electron chi connectivity index (χ0n) is 16.4. The maximum atomic E-state index is 12.7. The van der Waals surface area contributed by atoms with Gasteiger partial charge < -0.3 is 20.4 Å². The molecule has 2 aromatic heterocycles. The van der Waals surface area contributed by atoms with Crippen LogP contribution in [0, 0.1) is 0 Å². The lowest BCUT2D eigenvalue weighted by molar-refractivity contribution is 0.300. The third-order valence-corrected chi connectivity index (χ3v) is 5.57. The summed E-state index contributed by atoms with van der Waals surface area (Å²) >= 11 is 0. The van der Waals surface area contributed by atoms with Crippen molar-refractivity contribution in [1.29, 1.82) is 0 Å². The van der Waals surface area contributed by atoms with E-state index in [4.69, 9.17) is 4.74 Å². The predicted molar refractivity (Wildman–Crippen MR) is 112 cm³/mol. The molecule has 4 bridgehead atoms. The Morgan fingerprint density at radius 3 is 3.00 bits per heavy atom. The fraction of sp³-hybridized carbons (Fsp3) is 0.381. The van der Waals surface area contributed by atoms with Gasteiger partial charge in [0.1, 0.15) is 5.52 Å². The quantitative estimate of drug-likeness (QED) is 0.546. The Bertz CT molecular complexity index is 1160. The number of allylic oxidation sites excluding steroid dienone is 1. The first-order valence-corrected chi connectivity index (χ1v) is 10.0. The van der Waals surface area contributed by atoms with Crippen LogP contribution in [0.25, 0.3) is 11.2 Å². The second kappa shape index (κ2) is 7.36. The number of aromatic nitrogens is 4. The Kier molecular flexibility index (Phi) is 4.55. The van der Waals surface area contributed by atoms with E-state index in [1.54, 1.807) is 11.6 Å². The third-order valence-electron chi connectivity index (χ3n) is 5.57. The molecule has 0 saturated carbocycles. The van der Waals surface area contributed by atoms with E-state index in [0.717, 1.165) is 37.9 Å². The van der Waals surface area contributed by atoms with Crippen molar-refractivity contribution in [3.8, 4) is 6.01 Å². The van der Waals surface area contributed by atoms with Gasteiger partial charge in [0.15, 0.2) is 11.5 Å². The van der Waals surface area contributed by atoms with Crippen molar-refractivity contribution in [2.24, 2.45) is 0 Å². The van der Waals surface area contributed by atoms with Crippen LogP contribution in [0.1, 0.15) is 28.7 Å². The number of nitrogens with zero attached hydrogens (tertiary/aromatic N) is 3. The smallest absolute Gasteiger partial charge is 0.328 e. The first kappa shape index (κ1) is 17.9. The van der Waals surface area contributed by atoms with Crippen LogP contribution in [0.3, 0.4) is 0 Å². The van der Waals surface area contributed by atoms with Crippen LogP contribution in [0.4, 0.5) is 5.82 Å². The zero-order chi connectivity index (χ0) is 19.8. The van der Waals surface area contributed by atoms with E-state index in [1.807, 2.05) is 0 Å². The molecule has 29 heavy (non-hydrogen) atoms. The van der Waals surface area contributed by atoms with Gasteiger partial charge in [0.2, 0.25) is 0 Å². The number of ether oxygens (including phenoxy) is 1. The molecule has 5 rings (SSSR count). The maximum absolute atomic E-state index is 12.7. The van der Waals surface area contributed by atoms with Gasteiger partial charge in [-0.2, -0.15) is 9.97 Å². The number of benzene rings is 1. The van der Waals surface area contributed by atoms with Crippen molar-refractivity contribution in [3.05, 3.63) is 57.0 Å². The van der Waals surface area contributed by atoms with Crippen molar-refractivity contribution >= 4 is 17.0 Å². The molecule has 0 unspecified atom stereocenters. The number of hydrogen-bond donors (Lipinski definition) is 3. The summed E-state index contributed by atoms with van der Waals surface area (Å²) in [5.41, 5.74) is 6.15. The monoisotopic (exact) mass is 392 g/mol. The highest BCUT2D eigenvalue weighted by atomic mass is 16.5. The first-order valence-electron chi connectivity index (χ1n) is 10.0. The number of H-pyrrole nitrogens is 1. The van der Waals surface area contributed by atoms with Crippen molar-refractivity contribution < 1.29 is 4.74 Å². The SMILES string of the molecule is CNc1nc2nc3c1[nH]c(=O)n3Cc1cc(c3c(c1)CCNC3)C/C=C/CCO2. The van der Waals surface area contributed by atoms with Gasteiger partial charge in [0.05, 0.1) is 13.2 Å². The molecule has 0 atom stereocenters. The van der Waals surface area contributed by atoms with Gasteiger partial charge in [-0.25, -0.2) is 4.79 Å². The largest absolute Gasteiger partial charge is 0.463 e. The van der Waals surface area contributed by atoms with Crippen molar-refractivity contribution in [2.45, 2.75) is 32.4 Å². The van der Waals surface area contributed by atoms with Crippen LogP contribution < -0.4 is 21.1 Å². The molecule has 8 nitrogen and oxygen atoms in total. The van der Waals surface area contributed by atoms with E-state index in [9.17, 15) is 4.79 Å². The summed E-state index contributed by atoms with van der Waals surface area (Å²) in [6.07, 6.45) is 7.00. The highest BCUT2D eigenvalue weighted by Gasteiger charge is 2.18. The van der Waals surface area contributed by atoms with Gasteiger partial charge in [0.25, 0.3) is 0 Å². The summed E-state index contributed by atoms with van der Waals surface area (Å²) in [7, 11) is 1.77. The molecule has 0 radical (unpaired) electrons. The number of nitrogens with one attached hydrogen (secondary N) is 3. The van der Waals surface area contributed by atoms with E-state index in [1.165, 1.54) is 16.7 Å². The van der Waals surface area contributed by atoms with E-state index in [-0.39, 0.29) is 11.7 Å². The van der Waals surface area contributed by atoms with E-state index in [0.29, 0.717) is 30.1 Å². The van der Waals surface area contributed by atoms with Gasteiger partial charge >= 0.3 is 11.7 Å². The molecule has 3 aromatic rings. The Labute approximate surface area is 168 Å². The van der Waals surface area contributed by atoms with E-state index in [2.05, 4.69) is 49.9 Å². The van der Waals surface area contributed by atoms with E-state index >= 15 is 0 Å². The molecule has 0 spiro atoms. The van der Waals surface area contributed by atoms with Crippen LogP contribution >= 0.6 is 0 Å². The Morgan fingerprint density at radius 2 is 2.10 bits per heavy atom. The fourth-order valence-electron chi connectivity index (χ4n) is 4.16. The lowest BCUT2D eigenvalue weighted by Gasteiger charge is -2.22. The molecule has 4 heterocycles. The molecule has 150 valence electrons. The third kappa shape index (κ3) is 3.29. The summed E-state index contributed by atoms with van der Waals surface area (Å²) in [4.78, 5) is 24.6. The molecule has 0 saturated heterocycles. The molecule has 0 amide bonds. The minimum absolute atomic E-state index is 0.198. The number of hydrogen-bond acceptors (Lipinski definition) is 6. The number of aromatic amines is 1. The van der Waals surface area contributed by atoms with Crippen LogP contribution in [-0.2, 0) is 25.9 Å². The summed E-state index contributed by atoms with van der Waals surface area (Å²) in [6, 6.07) is 4.74. The Hall–Kier alpha value is -3.13. The average Bonchev–Trinajstić information content (AvgIpc) is 3.04. The van der Waals surface area contributed by atoms with Crippen LogP contribution in [0.15, 0.2) is 29.1 Å². The summed E-state index contributed by atoms with van der Waals surface area (Å²) in [6.45, 7) is 2.82. The normalized spacial score (nSPS) is 17.4. The van der Waals surface area contributed by atoms with Gasteiger partial charge in [-0.05, 0) is 48.1 Å². The maximum Gasteiger partial charge on any atom is 0.328 e. The molecule has 1 aromatic carbocycles. The summed E-state index contributed by atoms with van der Waals surface area (Å²) in [5, 5.41) is 6.50. The Balaban J connectivity index is 1.69. The fourth-order valence-corrected chi connectivity index (χ4v) is 4.16. The zero-order valence-corrected chi connectivity index (χ0v) is 16.4. The van der Waals surface area contributed by atoms with Gasteiger partial charge in [-0.1, -0.05) is 24.3 Å². The highest BCUT2D eigenvalue weighted by Crippen LogP contribution is 2.25. The molecule has 0 aliphatic carbocycles. The Morgan fingerprint density at radius 1 is 1.21 bits per heavy atom. The van der Waals surface area contributed by atoms with Crippen molar-refractivity contribution in [1.82, 2.24) is 24.8 Å². The average molecular weight is 392 g/mol. The van der Waals surface area contributed by atoms with Gasteiger partial charge in [-0.3, -0.25) is 4.57 Å². The number of imidazole rings is 1. The number of anilines is 1. The molecule has 8 heteroatoms. The minimum Gasteiger partial charge on any atom is -0.463 e. The molecule has 2 aliphatic heterocycles. The molecule has 0 fully saturated rings. The van der Waals surface area contributed by atoms with Gasteiger partial charge in [-0.15, -0.1) is 0 Å². The van der Waals surface area contributed by atoms with Crippen molar-refractivity contribution in [3.63, 3.8) is 0 Å². The predicted octanol–water partition coefficient (Wildman–Crippen LogP) is 1.74. The highest BCUT2D eigenvalue weighted by molar-refractivity contribution is 5.83. The summed E-state index contributed by atoms with van der Waals surface area (Å²) < 4.78 is 7.42. The van der Waals surface area contributed by atoms with Crippen molar-refractivity contribution in [2.75, 3.05) is 25.5 Å². The number of fused-ring (bicyclic) bond motifs is 5. The minimum atomic E-state index is -0.198. The second-order valence-electron chi connectivity index (χ2n) is 7.45. The van der Waals surface area contributed by atoms with Crippen LogP contribution in [0.2, 0.25) is 0 Å². The molecular weight excluding hydrogens is 368 g/mol. The standard InChI is InChI=1S/C21H24N6O2/c1-22-18-17-19-26-20(25-18)29-8-4-2-3-5-14-9-13(12-27(19)21(28)24-17)10-15-6-7-23-11-16(14)15/h2-3,9-10,23H,4-8,11-12H2,1H3,(H,24,28)(H,22,25,26)/b3-2+. The topological polar surface area (TPSA) is 96.9 Å². The van der Waals surface area contributed by atoms with E-state index < -0.39 is 0 Å². The first-order chi connectivity index (χ1) is 14.2.